The van der Waals surface area contributed by atoms with Gasteiger partial charge in [0, 0.05) is 43.3 Å². The second kappa shape index (κ2) is 6.67. The van der Waals surface area contributed by atoms with Gasteiger partial charge < -0.3 is 11.1 Å². The second-order valence-electron chi connectivity index (χ2n) is 5.81. The summed E-state index contributed by atoms with van der Waals surface area (Å²) in [5, 5.41) is 12.0. The van der Waals surface area contributed by atoms with Crippen molar-refractivity contribution in [3.8, 4) is 17.1 Å². The molecule has 0 aliphatic carbocycles. The van der Waals surface area contributed by atoms with E-state index in [-0.39, 0.29) is 0 Å². The number of benzene rings is 1. The molecule has 3 heterocycles. The minimum atomic E-state index is 0.446. The fourth-order valence-electron chi connectivity index (χ4n) is 2.79. The number of hydrogen-bond donors (Lipinski definition) is 2. The van der Waals surface area contributed by atoms with Crippen LogP contribution in [0.25, 0.3) is 17.1 Å². The quantitative estimate of drug-likeness (QED) is 0.575. The van der Waals surface area contributed by atoms with Crippen LogP contribution in [0.4, 0.5) is 11.5 Å². The molecule has 0 spiro atoms. The first kappa shape index (κ1) is 15.8. The highest BCUT2D eigenvalue weighted by Crippen LogP contribution is 2.25. The third-order valence-corrected chi connectivity index (χ3v) is 3.98. The maximum absolute atomic E-state index is 6.22. The molecule has 0 radical (unpaired) electrons. The molecule has 0 aliphatic rings. The molecular formula is C18H18N8. The summed E-state index contributed by atoms with van der Waals surface area (Å²) in [7, 11) is 1.91. The minimum Gasteiger partial charge on any atom is -0.393 e. The van der Waals surface area contributed by atoms with E-state index in [2.05, 4.69) is 25.5 Å². The maximum atomic E-state index is 6.22. The van der Waals surface area contributed by atoms with Gasteiger partial charge in [-0.1, -0.05) is 30.3 Å². The average molecular weight is 346 g/mol. The summed E-state index contributed by atoms with van der Waals surface area (Å²) in [5.41, 5.74) is 9.72. The molecule has 0 saturated heterocycles. The third kappa shape index (κ3) is 3.00. The van der Waals surface area contributed by atoms with Crippen LogP contribution >= 0.6 is 0 Å². The van der Waals surface area contributed by atoms with Gasteiger partial charge in [-0.2, -0.15) is 10.2 Å². The number of aryl methyl sites for hydroxylation is 1. The van der Waals surface area contributed by atoms with Crippen LogP contribution in [0.3, 0.4) is 0 Å². The Morgan fingerprint density at radius 3 is 2.73 bits per heavy atom. The Labute approximate surface area is 150 Å². The molecule has 0 amide bonds. The molecule has 3 N–H and O–H groups in total. The Morgan fingerprint density at radius 2 is 1.96 bits per heavy atom. The summed E-state index contributed by atoms with van der Waals surface area (Å²) < 4.78 is 3.42. The van der Waals surface area contributed by atoms with E-state index in [1.165, 1.54) is 6.33 Å². The highest BCUT2D eigenvalue weighted by atomic mass is 15.3. The predicted octanol–water partition coefficient (Wildman–Crippen LogP) is 2.26. The van der Waals surface area contributed by atoms with Crippen molar-refractivity contribution in [2.45, 2.75) is 6.54 Å². The molecule has 130 valence electrons. The summed E-state index contributed by atoms with van der Waals surface area (Å²) >= 11 is 0. The zero-order valence-electron chi connectivity index (χ0n) is 14.2. The van der Waals surface area contributed by atoms with Crippen molar-refractivity contribution in [3.05, 3.63) is 66.9 Å². The largest absolute Gasteiger partial charge is 0.393 e. The Bertz CT molecular complexity index is 1010. The Balaban J connectivity index is 1.60. The van der Waals surface area contributed by atoms with Crippen molar-refractivity contribution in [2.24, 2.45) is 7.05 Å². The highest BCUT2D eigenvalue weighted by Gasteiger charge is 2.13. The van der Waals surface area contributed by atoms with E-state index in [1.54, 1.807) is 21.8 Å². The number of rotatable bonds is 5. The summed E-state index contributed by atoms with van der Waals surface area (Å²) in [6.07, 6.45) is 6.92. The summed E-state index contributed by atoms with van der Waals surface area (Å²) in [5.74, 6) is 1.11. The van der Waals surface area contributed by atoms with Crippen molar-refractivity contribution in [1.29, 1.82) is 0 Å². The number of anilines is 2. The smallest absolute Gasteiger partial charge is 0.181 e. The Kier molecular flexibility index (Phi) is 4.06. The minimum absolute atomic E-state index is 0.446. The van der Waals surface area contributed by atoms with Gasteiger partial charge in [-0.25, -0.2) is 14.6 Å². The van der Waals surface area contributed by atoms with Gasteiger partial charge in [0.05, 0.1) is 5.69 Å². The molecule has 8 heteroatoms. The lowest BCUT2D eigenvalue weighted by Crippen LogP contribution is -2.10. The standard InChI is InChI=1S/C18H18N8/c1-25-11-14(16(24-25)13-6-3-2-4-7-13)10-20-17-15(19)18(22-12-21-17)26-9-5-8-23-26/h2-9,11-12H,10,19H2,1H3,(H,20,21,22). The van der Waals surface area contributed by atoms with Gasteiger partial charge in [-0.15, -0.1) is 0 Å². The Hall–Kier alpha value is -3.68. The number of nitrogens with two attached hydrogens (primary N) is 1. The van der Waals surface area contributed by atoms with Crippen LogP contribution < -0.4 is 11.1 Å². The third-order valence-electron chi connectivity index (χ3n) is 3.98. The van der Waals surface area contributed by atoms with Crippen LogP contribution in [-0.2, 0) is 13.6 Å². The van der Waals surface area contributed by atoms with Crippen molar-refractivity contribution < 1.29 is 0 Å². The maximum Gasteiger partial charge on any atom is 0.181 e. The average Bonchev–Trinajstić information content (AvgIpc) is 3.31. The number of nitrogen functional groups attached to an aromatic ring is 1. The number of aromatic nitrogens is 6. The first-order valence-corrected chi connectivity index (χ1v) is 8.14. The number of hydrogen-bond acceptors (Lipinski definition) is 6. The van der Waals surface area contributed by atoms with Gasteiger partial charge in [0.15, 0.2) is 11.6 Å². The van der Waals surface area contributed by atoms with E-state index >= 15 is 0 Å². The monoisotopic (exact) mass is 346 g/mol. The van der Waals surface area contributed by atoms with Crippen molar-refractivity contribution in [1.82, 2.24) is 29.5 Å². The Morgan fingerprint density at radius 1 is 1.12 bits per heavy atom. The SMILES string of the molecule is Cn1cc(CNc2ncnc(-n3cccn3)c2N)c(-c2ccccc2)n1. The molecule has 4 aromatic rings. The van der Waals surface area contributed by atoms with Crippen LogP contribution in [0.15, 0.2) is 61.3 Å². The van der Waals surface area contributed by atoms with Crippen molar-refractivity contribution >= 4 is 11.5 Å². The molecule has 0 atom stereocenters. The first-order chi connectivity index (χ1) is 12.7. The van der Waals surface area contributed by atoms with Crippen LogP contribution in [0.5, 0.6) is 0 Å². The van der Waals surface area contributed by atoms with Crippen LogP contribution in [0.2, 0.25) is 0 Å². The topological polar surface area (TPSA) is 99.5 Å². The molecular weight excluding hydrogens is 328 g/mol. The van der Waals surface area contributed by atoms with Gasteiger partial charge in [0.2, 0.25) is 0 Å². The van der Waals surface area contributed by atoms with Gasteiger partial charge in [0.25, 0.3) is 0 Å². The van der Waals surface area contributed by atoms with E-state index in [1.807, 2.05) is 49.6 Å². The molecule has 0 saturated carbocycles. The summed E-state index contributed by atoms with van der Waals surface area (Å²) in [6.45, 7) is 0.540. The zero-order valence-corrected chi connectivity index (χ0v) is 14.2. The lowest BCUT2D eigenvalue weighted by Gasteiger charge is -2.11. The van der Waals surface area contributed by atoms with Crippen molar-refractivity contribution in [3.63, 3.8) is 0 Å². The van der Waals surface area contributed by atoms with E-state index in [4.69, 9.17) is 5.73 Å². The summed E-state index contributed by atoms with van der Waals surface area (Å²) in [4.78, 5) is 8.47. The lowest BCUT2D eigenvalue weighted by molar-refractivity contribution is 0.770. The molecule has 26 heavy (non-hydrogen) atoms. The van der Waals surface area contributed by atoms with E-state index in [0.29, 0.717) is 23.9 Å². The van der Waals surface area contributed by atoms with Crippen molar-refractivity contribution in [2.75, 3.05) is 11.1 Å². The fraction of sp³-hybridized carbons (Fsp3) is 0.111. The predicted molar refractivity (Wildman–Crippen MR) is 99.5 cm³/mol. The van der Waals surface area contributed by atoms with Gasteiger partial charge in [0.1, 0.15) is 12.0 Å². The lowest BCUT2D eigenvalue weighted by atomic mass is 10.1. The van der Waals surface area contributed by atoms with Gasteiger partial charge in [-0.05, 0) is 6.07 Å². The van der Waals surface area contributed by atoms with Crippen LogP contribution in [0.1, 0.15) is 5.56 Å². The number of nitrogens with one attached hydrogen (secondary N) is 1. The second-order valence-corrected chi connectivity index (χ2v) is 5.81. The molecule has 0 aliphatic heterocycles. The molecule has 1 aromatic carbocycles. The first-order valence-electron chi connectivity index (χ1n) is 8.14. The molecule has 3 aromatic heterocycles. The highest BCUT2D eigenvalue weighted by molar-refractivity contribution is 5.69. The van der Waals surface area contributed by atoms with Crippen LogP contribution in [-0.4, -0.2) is 29.5 Å². The fourth-order valence-corrected chi connectivity index (χ4v) is 2.79. The van der Waals surface area contributed by atoms with Gasteiger partial charge in [-0.3, -0.25) is 4.68 Å². The number of nitrogens with zero attached hydrogens (tertiary/aromatic N) is 6. The molecule has 0 bridgehead atoms. The van der Waals surface area contributed by atoms with Crippen LogP contribution in [0, 0.1) is 0 Å². The van der Waals surface area contributed by atoms with E-state index in [0.717, 1.165) is 16.8 Å². The molecule has 8 nitrogen and oxygen atoms in total. The zero-order chi connectivity index (χ0) is 17.9. The van der Waals surface area contributed by atoms with E-state index < -0.39 is 0 Å². The molecule has 0 unspecified atom stereocenters. The van der Waals surface area contributed by atoms with Gasteiger partial charge >= 0.3 is 0 Å². The van der Waals surface area contributed by atoms with E-state index in [9.17, 15) is 0 Å². The normalized spacial score (nSPS) is 10.8. The molecule has 0 fully saturated rings. The molecule has 4 rings (SSSR count). The summed E-state index contributed by atoms with van der Waals surface area (Å²) in [6, 6.07) is 11.9.